The van der Waals surface area contributed by atoms with Crippen molar-refractivity contribution in [1.82, 2.24) is 9.88 Å². The Morgan fingerprint density at radius 2 is 2.00 bits per heavy atom. The molecule has 1 atom stereocenters. The van der Waals surface area contributed by atoms with E-state index in [2.05, 4.69) is 5.32 Å². The predicted octanol–water partition coefficient (Wildman–Crippen LogP) is 4.05. The molecule has 0 fully saturated rings. The quantitative estimate of drug-likeness (QED) is 0.542. The summed E-state index contributed by atoms with van der Waals surface area (Å²) in [6.07, 6.45) is 1.92. The van der Waals surface area contributed by atoms with Gasteiger partial charge in [-0.05, 0) is 74.2 Å². The number of aromatic nitrogens is 1. The van der Waals surface area contributed by atoms with Crippen molar-refractivity contribution in [1.29, 1.82) is 0 Å². The van der Waals surface area contributed by atoms with Gasteiger partial charge in [0.05, 0.1) is 6.61 Å². The predicted molar refractivity (Wildman–Crippen MR) is 119 cm³/mol. The number of esters is 1. The van der Waals surface area contributed by atoms with Crippen LogP contribution in [0.25, 0.3) is 10.9 Å². The minimum absolute atomic E-state index is 0.0806. The zero-order valence-corrected chi connectivity index (χ0v) is 18.5. The van der Waals surface area contributed by atoms with Gasteiger partial charge in [-0.15, -0.1) is 0 Å². The van der Waals surface area contributed by atoms with Crippen molar-refractivity contribution in [2.75, 3.05) is 13.2 Å². The van der Waals surface area contributed by atoms with E-state index in [1.165, 1.54) is 12.1 Å². The highest BCUT2D eigenvalue weighted by molar-refractivity contribution is 6.30. The summed E-state index contributed by atoms with van der Waals surface area (Å²) in [4.78, 5) is 24.5. The number of fused-ring (bicyclic) bond motifs is 3. The minimum atomic E-state index is -0.337. The van der Waals surface area contributed by atoms with Gasteiger partial charge in [-0.25, -0.2) is 4.39 Å². The Balaban J connectivity index is 1.48. The summed E-state index contributed by atoms with van der Waals surface area (Å²) in [5.41, 5.74) is 2.74. The number of ether oxygens (including phenoxy) is 2. The largest absolute Gasteiger partial charge is 0.484 e. The molecule has 1 heterocycles. The standard InChI is InChI=1S/C24H24ClFN2O4/c1-2-31-24(30)13-28-21-9-5-16(26)11-19(21)20-12-17(6-10-22(20)28)27-23(29)14-32-18-7-3-15(25)4-8-18/h3-5,7-9,11,17H,2,6,10,12-14H2,1H3,(H,27,29)/t17-/m0/s1. The highest BCUT2D eigenvalue weighted by Crippen LogP contribution is 2.33. The smallest absolute Gasteiger partial charge is 0.325 e. The Morgan fingerprint density at radius 1 is 1.22 bits per heavy atom. The van der Waals surface area contributed by atoms with Crippen LogP contribution in [0.1, 0.15) is 24.6 Å². The lowest BCUT2D eigenvalue weighted by Gasteiger charge is -2.25. The molecule has 1 aromatic heterocycles. The third-order valence-corrected chi connectivity index (χ3v) is 5.82. The third kappa shape index (κ3) is 4.88. The molecule has 8 heteroatoms. The Morgan fingerprint density at radius 3 is 2.75 bits per heavy atom. The summed E-state index contributed by atoms with van der Waals surface area (Å²) >= 11 is 5.86. The lowest BCUT2D eigenvalue weighted by Crippen LogP contribution is -2.41. The number of benzene rings is 2. The lowest BCUT2D eigenvalue weighted by molar-refractivity contribution is -0.143. The van der Waals surface area contributed by atoms with Gasteiger partial charge in [-0.2, -0.15) is 0 Å². The monoisotopic (exact) mass is 458 g/mol. The summed E-state index contributed by atoms with van der Waals surface area (Å²) in [6.45, 7) is 2.04. The van der Waals surface area contributed by atoms with Gasteiger partial charge in [0.2, 0.25) is 0 Å². The summed E-state index contributed by atoms with van der Waals surface area (Å²) in [6, 6.07) is 11.3. The van der Waals surface area contributed by atoms with Gasteiger partial charge in [0, 0.05) is 27.7 Å². The molecule has 1 amide bonds. The van der Waals surface area contributed by atoms with Crippen LogP contribution in [0.3, 0.4) is 0 Å². The van der Waals surface area contributed by atoms with Gasteiger partial charge in [-0.1, -0.05) is 11.6 Å². The van der Waals surface area contributed by atoms with Crippen molar-refractivity contribution < 1.29 is 23.5 Å². The molecule has 6 nitrogen and oxygen atoms in total. The first-order valence-corrected chi connectivity index (χ1v) is 10.9. The summed E-state index contributed by atoms with van der Waals surface area (Å²) in [5.74, 6) is -0.328. The lowest BCUT2D eigenvalue weighted by atomic mass is 9.91. The summed E-state index contributed by atoms with van der Waals surface area (Å²) < 4.78 is 26.5. The van der Waals surface area contributed by atoms with Gasteiger partial charge in [0.25, 0.3) is 5.91 Å². The van der Waals surface area contributed by atoms with Gasteiger partial charge >= 0.3 is 5.97 Å². The number of halogens is 2. The van der Waals surface area contributed by atoms with E-state index in [9.17, 15) is 14.0 Å². The van der Waals surface area contributed by atoms with Crippen LogP contribution in [-0.2, 0) is 33.7 Å². The molecule has 1 N–H and O–H groups in total. The summed E-state index contributed by atoms with van der Waals surface area (Å²) in [5, 5.41) is 4.37. The number of hydrogen-bond donors (Lipinski definition) is 1. The van der Waals surface area contributed by atoms with Gasteiger partial charge in [-0.3, -0.25) is 9.59 Å². The average molecular weight is 459 g/mol. The molecule has 3 aromatic rings. The van der Waals surface area contributed by atoms with E-state index in [0.29, 0.717) is 36.6 Å². The highest BCUT2D eigenvalue weighted by Gasteiger charge is 2.27. The zero-order chi connectivity index (χ0) is 22.7. The average Bonchev–Trinajstić information content (AvgIpc) is 3.06. The molecule has 4 rings (SSSR count). The van der Waals surface area contributed by atoms with E-state index >= 15 is 0 Å². The Bertz CT molecular complexity index is 1140. The van der Waals surface area contributed by atoms with Crippen LogP contribution in [0.5, 0.6) is 5.75 Å². The van der Waals surface area contributed by atoms with Crippen molar-refractivity contribution >= 4 is 34.4 Å². The number of hydrogen-bond acceptors (Lipinski definition) is 4. The van der Waals surface area contributed by atoms with Crippen LogP contribution in [0.15, 0.2) is 42.5 Å². The number of carbonyl (C=O) groups is 2. The van der Waals surface area contributed by atoms with Crippen molar-refractivity contribution in [3.05, 3.63) is 64.6 Å². The second kappa shape index (κ2) is 9.61. The molecule has 1 aliphatic carbocycles. The first kappa shape index (κ1) is 22.1. The van der Waals surface area contributed by atoms with E-state index < -0.39 is 0 Å². The molecule has 168 valence electrons. The maximum Gasteiger partial charge on any atom is 0.325 e. The molecule has 1 aliphatic rings. The van der Waals surface area contributed by atoms with E-state index in [4.69, 9.17) is 21.1 Å². The minimum Gasteiger partial charge on any atom is -0.484 e. The van der Waals surface area contributed by atoms with Crippen molar-refractivity contribution in [2.45, 2.75) is 38.8 Å². The second-order valence-corrected chi connectivity index (χ2v) is 8.16. The SMILES string of the molecule is CCOC(=O)Cn1c2c(c3cc(F)ccc31)C[C@@H](NC(=O)COc1ccc(Cl)cc1)CC2. The molecular weight excluding hydrogens is 435 g/mol. The number of nitrogens with zero attached hydrogens (tertiary/aromatic N) is 1. The molecule has 0 saturated heterocycles. The molecule has 0 saturated carbocycles. The molecule has 0 bridgehead atoms. The van der Waals surface area contributed by atoms with E-state index in [0.717, 1.165) is 22.2 Å². The van der Waals surface area contributed by atoms with E-state index in [1.807, 2.05) is 4.57 Å². The first-order chi connectivity index (χ1) is 15.4. The number of carbonyl (C=O) groups excluding carboxylic acids is 2. The van der Waals surface area contributed by atoms with Gasteiger partial charge in [0.15, 0.2) is 6.61 Å². The highest BCUT2D eigenvalue weighted by atomic mass is 35.5. The molecule has 0 spiro atoms. The fourth-order valence-electron chi connectivity index (χ4n) is 4.21. The summed E-state index contributed by atoms with van der Waals surface area (Å²) in [7, 11) is 0. The second-order valence-electron chi connectivity index (χ2n) is 7.73. The fraction of sp³-hybridized carbons (Fsp3) is 0.333. The Kier molecular flexibility index (Phi) is 6.65. The Hall–Kier alpha value is -3.06. The maximum absolute atomic E-state index is 14.0. The van der Waals surface area contributed by atoms with Gasteiger partial charge in [0.1, 0.15) is 18.1 Å². The molecule has 0 aliphatic heterocycles. The fourth-order valence-corrected chi connectivity index (χ4v) is 4.34. The van der Waals surface area contributed by atoms with Crippen molar-refractivity contribution in [2.24, 2.45) is 0 Å². The Labute approximate surface area is 190 Å². The van der Waals surface area contributed by atoms with E-state index in [-0.39, 0.29) is 36.9 Å². The molecule has 0 radical (unpaired) electrons. The number of amides is 1. The van der Waals surface area contributed by atoms with Crippen LogP contribution in [0.2, 0.25) is 5.02 Å². The third-order valence-electron chi connectivity index (χ3n) is 5.57. The van der Waals surface area contributed by atoms with Crippen LogP contribution >= 0.6 is 11.6 Å². The topological polar surface area (TPSA) is 69.6 Å². The maximum atomic E-state index is 14.0. The number of rotatable bonds is 7. The molecule has 32 heavy (non-hydrogen) atoms. The molecule has 0 unspecified atom stereocenters. The molecule has 2 aromatic carbocycles. The zero-order valence-electron chi connectivity index (χ0n) is 17.7. The van der Waals surface area contributed by atoms with Crippen molar-refractivity contribution in [3.63, 3.8) is 0 Å². The van der Waals surface area contributed by atoms with Crippen LogP contribution in [-0.4, -0.2) is 35.7 Å². The van der Waals surface area contributed by atoms with Crippen LogP contribution in [0.4, 0.5) is 4.39 Å². The van der Waals surface area contributed by atoms with Crippen LogP contribution < -0.4 is 10.1 Å². The first-order valence-electron chi connectivity index (χ1n) is 10.6. The van der Waals surface area contributed by atoms with Crippen molar-refractivity contribution in [3.8, 4) is 5.75 Å². The molecular formula is C24H24ClFN2O4. The van der Waals surface area contributed by atoms with Crippen LogP contribution in [0, 0.1) is 5.82 Å². The van der Waals surface area contributed by atoms with E-state index in [1.54, 1.807) is 37.3 Å². The van der Waals surface area contributed by atoms with Gasteiger partial charge < -0.3 is 19.4 Å². The number of nitrogens with one attached hydrogen (secondary N) is 1. The normalized spacial score (nSPS) is 15.3.